The second-order valence-corrected chi connectivity index (χ2v) is 6.27. The van der Waals surface area contributed by atoms with Crippen molar-refractivity contribution in [3.8, 4) is 11.8 Å². The van der Waals surface area contributed by atoms with Gasteiger partial charge in [-0.3, -0.25) is 4.79 Å². The van der Waals surface area contributed by atoms with E-state index in [9.17, 15) is 4.79 Å². The number of carbonyl (C=O) groups excluding carboxylic acids is 1. The molecule has 0 fully saturated rings. The third-order valence-corrected chi connectivity index (χ3v) is 3.39. The molecule has 21 heavy (non-hydrogen) atoms. The molecule has 0 aliphatic rings. The quantitative estimate of drug-likeness (QED) is 0.552. The van der Waals surface area contributed by atoms with E-state index in [2.05, 4.69) is 44.7 Å². The minimum Gasteiger partial charge on any atom is -0.279 e. The summed E-state index contributed by atoms with van der Waals surface area (Å²) >= 11 is 0. The standard InChI is InChI=1S/C20H20O/c1-15-5-10-17(11-6-15)19(21)14-9-16-7-12-18(13-8-16)20(2,3)4/h5-8,10-13H,1-4H3. The Morgan fingerprint density at radius 1 is 0.905 bits per heavy atom. The normalized spacial score (nSPS) is 10.7. The van der Waals surface area contributed by atoms with Gasteiger partial charge in [0.2, 0.25) is 5.78 Å². The van der Waals surface area contributed by atoms with Crippen molar-refractivity contribution in [2.24, 2.45) is 0 Å². The Kier molecular flexibility index (Phi) is 4.29. The largest absolute Gasteiger partial charge is 0.279 e. The SMILES string of the molecule is Cc1ccc(C(=O)C#Cc2ccc(C(C)(C)C)cc2)cc1. The van der Waals surface area contributed by atoms with Crippen LogP contribution in [0.25, 0.3) is 0 Å². The third kappa shape index (κ3) is 4.07. The van der Waals surface area contributed by atoms with Crippen LogP contribution in [0.3, 0.4) is 0 Å². The highest BCUT2D eigenvalue weighted by Gasteiger charge is 2.12. The van der Waals surface area contributed by atoms with E-state index in [1.807, 2.05) is 43.3 Å². The van der Waals surface area contributed by atoms with E-state index in [0.29, 0.717) is 5.56 Å². The lowest BCUT2D eigenvalue weighted by atomic mass is 9.87. The van der Waals surface area contributed by atoms with Gasteiger partial charge in [0.1, 0.15) is 0 Å². The van der Waals surface area contributed by atoms with Gasteiger partial charge >= 0.3 is 0 Å². The number of hydrogen-bond donors (Lipinski definition) is 0. The van der Waals surface area contributed by atoms with Crippen LogP contribution in [-0.4, -0.2) is 5.78 Å². The lowest BCUT2D eigenvalue weighted by molar-refractivity contribution is 0.105. The summed E-state index contributed by atoms with van der Waals surface area (Å²) in [7, 11) is 0. The molecule has 0 saturated carbocycles. The zero-order chi connectivity index (χ0) is 15.5. The summed E-state index contributed by atoms with van der Waals surface area (Å²) in [6.45, 7) is 8.52. The average molecular weight is 276 g/mol. The number of ketones is 1. The Labute approximate surface area is 127 Å². The topological polar surface area (TPSA) is 17.1 Å². The van der Waals surface area contributed by atoms with E-state index in [4.69, 9.17) is 0 Å². The summed E-state index contributed by atoms with van der Waals surface area (Å²) in [5.74, 6) is 5.50. The van der Waals surface area contributed by atoms with Crippen molar-refractivity contribution < 1.29 is 4.79 Å². The van der Waals surface area contributed by atoms with Gasteiger partial charge in [-0.25, -0.2) is 0 Å². The van der Waals surface area contributed by atoms with Gasteiger partial charge in [-0.15, -0.1) is 0 Å². The minimum atomic E-state index is -0.144. The summed E-state index contributed by atoms with van der Waals surface area (Å²) in [6, 6.07) is 15.6. The Hall–Kier alpha value is -2.33. The molecule has 2 rings (SSSR count). The van der Waals surface area contributed by atoms with Gasteiger partial charge in [0, 0.05) is 11.1 Å². The number of aryl methyl sites for hydroxylation is 1. The smallest absolute Gasteiger partial charge is 0.236 e. The monoisotopic (exact) mass is 276 g/mol. The Morgan fingerprint density at radius 3 is 2.00 bits per heavy atom. The predicted octanol–water partition coefficient (Wildman–Crippen LogP) is 4.53. The first-order valence-electron chi connectivity index (χ1n) is 7.10. The van der Waals surface area contributed by atoms with Gasteiger partial charge in [-0.2, -0.15) is 0 Å². The van der Waals surface area contributed by atoms with Crippen LogP contribution in [0.5, 0.6) is 0 Å². The van der Waals surface area contributed by atoms with Crippen LogP contribution < -0.4 is 0 Å². The second kappa shape index (κ2) is 5.97. The van der Waals surface area contributed by atoms with E-state index < -0.39 is 0 Å². The highest BCUT2D eigenvalue weighted by Crippen LogP contribution is 2.21. The summed E-state index contributed by atoms with van der Waals surface area (Å²) < 4.78 is 0. The fourth-order valence-electron chi connectivity index (χ4n) is 1.96. The Morgan fingerprint density at radius 2 is 1.48 bits per heavy atom. The first-order valence-corrected chi connectivity index (χ1v) is 7.10. The molecule has 0 amide bonds. The molecule has 1 heteroatoms. The predicted molar refractivity (Wildman–Crippen MR) is 87.5 cm³/mol. The molecule has 0 unspecified atom stereocenters. The van der Waals surface area contributed by atoms with Crippen LogP contribution in [-0.2, 0) is 5.41 Å². The molecule has 0 saturated heterocycles. The lowest BCUT2D eigenvalue weighted by Crippen LogP contribution is -2.10. The molecule has 0 aromatic heterocycles. The highest BCUT2D eigenvalue weighted by molar-refractivity contribution is 6.09. The molecule has 0 spiro atoms. The third-order valence-electron chi connectivity index (χ3n) is 3.39. The molecular formula is C20H20O. The van der Waals surface area contributed by atoms with E-state index >= 15 is 0 Å². The molecule has 0 aliphatic heterocycles. The maximum Gasteiger partial charge on any atom is 0.236 e. The number of carbonyl (C=O) groups is 1. The zero-order valence-electron chi connectivity index (χ0n) is 13.0. The molecule has 0 radical (unpaired) electrons. The first-order chi connectivity index (χ1) is 9.86. The van der Waals surface area contributed by atoms with Crippen LogP contribution in [0.4, 0.5) is 0 Å². The maximum absolute atomic E-state index is 12.0. The zero-order valence-corrected chi connectivity index (χ0v) is 13.0. The van der Waals surface area contributed by atoms with E-state index in [1.54, 1.807) is 0 Å². The first kappa shape index (κ1) is 15.1. The number of Topliss-reactive ketones (excluding diaryl/α,β-unsaturated/α-hetero) is 1. The molecule has 0 heterocycles. The van der Waals surface area contributed by atoms with Gasteiger partial charge in [-0.05, 0) is 36.0 Å². The summed E-state index contributed by atoms with van der Waals surface area (Å²) in [5.41, 5.74) is 4.03. The van der Waals surface area contributed by atoms with Crippen molar-refractivity contribution in [2.45, 2.75) is 33.1 Å². The lowest BCUT2D eigenvalue weighted by Gasteiger charge is -2.18. The molecule has 0 aliphatic carbocycles. The summed E-state index contributed by atoms with van der Waals surface area (Å²) in [6.07, 6.45) is 0. The number of benzene rings is 2. The van der Waals surface area contributed by atoms with E-state index in [1.165, 1.54) is 5.56 Å². The molecule has 1 nitrogen and oxygen atoms in total. The molecule has 2 aromatic carbocycles. The van der Waals surface area contributed by atoms with Crippen molar-refractivity contribution in [3.05, 3.63) is 70.8 Å². The molecule has 0 atom stereocenters. The molecule has 0 N–H and O–H groups in total. The maximum atomic E-state index is 12.0. The van der Waals surface area contributed by atoms with Gasteiger partial charge in [-0.1, -0.05) is 68.7 Å². The fourth-order valence-corrected chi connectivity index (χ4v) is 1.96. The van der Waals surface area contributed by atoms with Crippen molar-refractivity contribution in [1.82, 2.24) is 0 Å². The van der Waals surface area contributed by atoms with Crippen molar-refractivity contribution >= 4 is 5.78 Å². The highest BCUT2D eigenvalue weighted by atomic mass is 16.1. The summed E-state index contributed by atoms with van der Waals surface area (Å²) in [5, 5.41) is 0. The molecular weight excluding hydrogens is 256 g/mol. The van der Waals surface area contributed by atoms with E-state index in [0.717, 1.165) is 11.1 Å². The van der Waals surface area contributed by atoms with Crippen LogP contribution in [0.1, 0.15) is 47.8 Å². The van der Waals surface area contributed by atoms with Gasteiger partial charge in [0.25, 0.3) is 0 Å². The number of hydrogen-bond acceptors (Lipinski definition) is 1. The van der Waals surface area contributed by atoms with Gasteiger partial charge in [0.15, 0.2) is 0 Å². The molecule has 0 bridgehead atoms. The molecule has 2 aromatic rings. The van der Waals surface area contributed by atoms with Crippen LogP contribution >= 0.6 is 0 Å². The molecule has 106 valence electrons. The summed E-state index contributed by atoms with van der Waals surface area (Å²) in [4.78, 5) is 12.0. The number of rotatable bonds is 1. The van der Waals surface area contributed by atoms with Crippen LogP contribution in [0, 0.1) is 18.8 Å². The average Bonchev–Trinajstić information content (AvgIpc) is 2.45. The van der Waals surface area contributed by atoms with E-state index in [-0.39, 0.29) is 11.2 Å². The second-order valence-electron chi connectivity index (χ2n) is 6.27. The van der Waals surface area contributed by atoms with Crippen molar-refractivity contribution in [2.75, 3.05) is 0 Å². The fraction of sp³-hybridized carbons (Fsp3) is 0.250. The van der Waals surface area contributed by atoms with Crippen molar-refractivity contribution in [3.63, 3.8) is 0 Å². The van der Waals surface area contributed by atoms with Crippen LogP contribution in [0.15, 0.2) is 48.5 Å². The Balaban J connectivity index is 2.15. The Bertz CT molecular complexity index is 687. The minimum absolute atomic E-state index is 0.129. The van der Waals surface area contributed by atoms with Crippen LogP contribution in [0.2, 0.25) is 0 Å². The van der Waals surface area contributed by atoms with Gasteiger partial charge in [0.05, 0.1) is 0 Å². The van der Waals surface area contributed by atoms with Crippen molar-refractivity contribution in [1.29, 1.82) is 0 Å². The van der Waals surface area contributed by atoms with Gasteiger partial charge < -0.3 is 0 Å².